The molecule has 20 heavy (non-hydrogen) atoms. The van der Waals surface area contributed by atoms with Crippen LogP contribution in [0.5, 0.6) is 0 Å². The zero-order valence-electron chi connectivity index (χ0n) is 13.7. The van der Waals surface area contributed by atoms with Crippen molar-refractivity contribution in [2.24, 2.45) is 17.3 Å². The second-order valence-corrected chi connectivity index (χ2v) is 7.19. The van der Waals surface area contributed by atoms with Crippen LogP contribution in [0.2, 0.25) is 0 Å². The first kappa shape index (κ1) is 15.6. The lowest BCUT2D eigenvalue weighted by atomic mass is 9.53. The predicted molar refractivity (Wildman–Crippen MR) is 87.9 cm³/mol. The van der Waals surface area contributed by atoms with Gasteiger partial charge in [0, 0.05) is 6.04 Å². The van der Waals surface area contributed by atoms with Crippen molar-refractivity contribution in [3.05, 3.63) is 35.9 Å². The molecule has 112 valence electrons. The van der Waals surface area contributed by atoms with E-state index in [0.29, 0.717) is 11.5 Å². The van der Waals surface area contributed by atoms with Gasteiger partial charge in [0.25, 0.3) is 0 Å². The van der Waals surface area contributed by atoms with E-state index >= 15 is 0 Å². The van der Waals surface area contributed by atoms with Crippen LogP contribution < -0.4 is 5.32 Å². The molecular formula is C19H31N. The van der Waals surface area contributed by atoms with Crippen LogP contribution in [0.4, 0.5) is 0 Å². The Labute approximate surface area is 125 Å². The molecule has 0 aliphatic heterocycles. The zero-order chi connectivity index (χ0) is 14.6. The molecule has 1 aromatic rings. The highest BCUT2D eigenvalue weighted by atomic mass is 14.9. The average Bonchev–Trinajstić information content (AvgIpc) is 2.43. The van der Waals surface area contributed by atoms with Gasteiger partial charge in [0.2, 0.25) is 0 Å². The summed E-state index contributed by atoms with van der Waals surface area (Å²) in [7, 11) is 0. The summed E-state index contributed by atoms with van der Waals surface area (Å²) >= 11 is 0. The van der Waals surface area contributed by atoms with Gasteiger partial charge in [0.15, 0.2) is 0 Å². The molecule has 3 atom stereocenters. The lowest BCUT2D eigenvalue weighted by molar-refractivity contribution is -0.0271. The molecule has 0 heterocycles. The van der Waals surface area contributed by atoms with E-state index in [1.165, 1.54) is 31.4 Å². The Kier molecular flexibility index (Phi) is 5.26. The van der Waals surface area contributed by atoms with E-state index in [1.807, 2.05) is 0 Å². The van der Waals surface area contributed by atoms with Crippen molar-refractivity contribution in [3.63, 3.8) is 0 Å². The summed E-state index contributed by atoms with van der Waals surface area (Å²) in [5.74, 6) is 1.87. The van der Waals surface area contributed by atoms with Gasteiger partial charge in [-0.1, -0.05) is 57.5 Å². The molecule has 1 heteroatoms. The van der Waals surface area contributed by atoms with Crippen LogP contribution in [-0.2, 0) is 6.42 Å². The van der Waals surface area contributed by atoms with E-state index in [2.05, 4.69) is 63.3 Å². The first-order valence-corrected chi connectivity index (χ1v) is 8.31. The molecule has 0 spiro atoms. The lowest BCUT2D eigenvalue weighted by Gasteiger charge is -2.52. The third-order valence-corrected chi connectivity index (χ3v) is 5.54. The normalized spacial score (nSPS) is 26.0. The number of nitrogens with one attached hydrogen (secondary N) is 1. The largest absolute Gasteiger partial charge is 0.314 e. The maximum Gasteiger partial charge on any atom is 0.00791 e. The van der Waals surface area contributed by atoms with Gasteiger partial charge < -0.3 is 5.32 Å². The summed E-state index contributed by atoms with van der Waals surface area (Å²) in [6.45, 7) is 10.7. The maximum absolute atomic E-state index is 3.70. The summed E-state index contributed by atoms with van der Waals surface area (Å²) in [4.78, 5) is 0. The molecule has 1 aliphatic rings. The van der Waals surface area contributed by atoms with Crippen molar-refractivity contribution in [2.75, 3.05) is 6.54 Å². The van der Waals surface area contributed by atoms with Crippen molar-refractivity contribution in [1.82, 2.24) is 5.32 Å². The molecule has 0 saturated heterocycles. The van der Waals surface area contributed by atoms with E-state index in [-0.39, 0.29) is 0 Å². The molecule has 3 unspecified atom stereocenters. The molecule has 0 amide bonds. The highest BCUT2D eigenvalue weighted by Crippen LogP contribution is 2.53. The molecular weight excluding hydrogens is 242 g/mol. The number of benzene rings is 1. The molecule has 0 radical (unpaired) electrons. The van der Waals surface area contributed by atoms with Gasteiger partial charge in [-0.15, -0.1) is 0 Å². The predicted octanol–water partition coefficient (Wildman–Crippen LogP) is 4.67. The Morgan fingerprint density at radius 2 is 1.90 bits per heavy atom. The van der Waals surface area contributed by atoms with Gasteiger partial charge in [-0.25, -0.2) is 0 Å². The highest BCUT2D eigenvalue weighted by Gasteiger charge is 2.45. The standard InChI is InChI=1S/C19H31N/c1-5-17-14-18(19(17,3)4)11-12-20-15(2)13-16-9-7-6-8-10-16/h6-10,15,17-18,20H,5,11-14H2,1-4H3. The number of hydrogen-bond acceptors (Lipinski definition) is 1. The van der Waals surface area contributed by atoms with Crippen molar-refractivity contribution in [2.45, 2.75) is 59.4 Å². The Balaban J connectivity index is 1.67. The number of hydrogen-bond donors (Lipinski definition) is 1. The second kappa shape index (κ2) is 6.76. The maximum atomic E-state index is 3.70. The molecule has 0 aromatic heterocycles. The van der Waals surface area contributed by atoms with E-state index in [4.69, 9.17) is 0 Å². The zero-order valence-corrected chi connectivity index (χ0v) is 13.7. The topological polar surface area (TPSA) is 12.0 Å². The molecule has 2 rings (SSSR count). The molecule has 0 bridgehead atoms. The van der Waals surface area contributed by atoms with Crippen LogP contribution in [-0.4, -0.2) is 12.6 Å². The van der Waals surface area contributed by atoms with Gasteiger partial charge in [0.1, 0.15) is 0 Å². The summed E-state index contributed by atoms with van der Waals surface area (Å²) in [6.07, 6.45) is 5.26. The van der Waals surface area contributed by atoms with Crippen molar-refractivity contribution in [3.8, 4) is 0 Å². The fraction of sp³-hybridized carbons (Fsp3) is 0.684. The van der Waals surface area contributed by atoms with Gasteiger partial charge in [0.05, 0.1) is 0 Å². The minimum absolute atomic E-state index is 0.569. The smallest absolute Gasteiger partial charge is 0.00791 e. The fourth-order valence-corrected chi connectivity index (χ4v) is 3.85. The summed E-state index contributed by atoms with van der Waals surface area (Å²) in [5.41, 5.74) is 2.00. The molecule has 1 saturated carbocycles. The number of rotatable bonds is 7. The Morgan fingerprint density at radius 1 is 1.20 bits per heavy atom. The molecule has 1 nitrogen and oxygen atoms in total. The highest BCUT2D eigenvalue weighted by molar-refractivity contribution is 5.15. The minimum atomic E-state index is 0.569. The molecule has 1 aromatic carbocycles. The third-order valence-electron chi connectivity index (χ3n) is 5.54. The molecule has 1 aliphatic carbocycles. The van der Waals surface area contributed by atoms with Crippen LogP contribution in [0.1, 0.15) is 52.5 Å². The SMILES string of the molecule is CCC1CC(CCNC(C)Cc2ccccc2)C1(C)C. The third kappa shape index (κ3) is 3.63. The van der Waals surface area contributed by atoms with Crippen LogP contribution in [0.15, 0.2) is 30.3 Å². The second-order valence-electron chi connectivity index (χ2n) is 7.19. The Morgan fingerprint density at radius 3 is 2.50 bits per heavy atom. The van der Waals surface area contributed by atoms with E-state index in [0.717, 1.165) is 18.3 Å². The van der Waals surface area contributed by atoms with Gasteiger partial charge in [-0.3, -0.25) is 0 Å². The summed E-state index contributed by atoms with van der Waals surface area (Å²) < 4.78 is 0. The van der Waals surface area contributed by atoms with E-state index in [1.54, 1.807) is 0 Å². The first-order valence-electron chi connectivity index (χ1n) is 8.31. The molecule has 1 N–H and O–H groups in total. The van der Waals surface area contributed by atoms with Crippen LogP contribution >= 0.6 is 0 Å². The fourth-order valence-electron chi connectivity index (χ4n) is 3.85. The van der Waals surface area contributed by atoms with Crippen LogP contribution in [0.3, 0.4) is 0 Å². The van der Waals surface area contributed by atoms with Crippen molar-refractivity contribution in [1.29, 1.82) is 0 Å². The van der Waals surface area contributed by atoms with Crippen molar-refractivity contribution < 1.29 is 0 Å². The van der Waals surface area contributed by atoms with Gasteiger partial charge in [-0.2, -0.15) is 0 Å². The van der Waals surface area contributed by atoms with E-state index < -0.39 is 0 Å². The van der Waals surface area contributed by atoms with Gasteiger partial charge in [-0.05, 0) is 55.5 Å². The van der Waals surface area contributed by atoms with Crippen molar-refractivity contribution >= 4 is 0 Å². The summed E-state index contributed by atoms with van der Waals surface area (Å²) in [5, 5.41) is 3.70. The Hall–Kier alpha value is -0.820. The quantitative estimate of drug-likeness (QED) is 0.761. The molecule has 1 fully saturated rings. The van der Waals surface area contributed by atoms with E-state index in [9.17, 15) is 0 Å². The van der Waals surface area contributed by atoms with Gasteiger partial charge >= 0.3 is 0 Å². The monoisotopic (exact) mass is 273 g/mol. The lowest BCUT2D eigenvalue weighted by Crippen LogP contribution is -2.46. The van der Waals surface area contributed by atoms with Crippen LogP contribution in [0.25, 0.3) is 0 Å². The average molecular weight is 273 g/mol. The minimum Gasteiger partial charge on any atom is -0.314 e. The first-order chi connectivity index (χ1) is 9.54. The Bertz CT molecular complexity index is 395. The summed E-state index contributed by atoms with van der Waals surface area (Å²) in [6, 6.07) is 11.4. The van der Waals surface area contributed by atoms with Crippen LogP contribution in [0, 0.1) is 17.3 Å².